The predicted molar refractivity (Wildman–Crippen MR) is 102 cm³/mol. The molecule has 0 bridgehead atoms. The summed E-state index contributed by atoms with van der Waals surface area (Å²) in [4.78, 5) is 4.77. The van der Waals surface area contributed by atoms with E-state index in [2.05, 4.69) is 20.1 Å². The molecule has 4 nitrogen and oxygen atoms in total. The van der Waals surface area contributed by atoms with Crippen LogP contribution in [0.25, 0.3) is 10.6 Å². The van der Waals surface area contributed by atoms with Gasteiger partial charge in [-0.25, -0.2) is 4.98 Å². The first-order valence-corrected chi connectivity index (χ1v) is 10.8. The van der Waals surface area contributed by atoms with Gasteiger partial charge in [-0.3, -0.25) is 0 Å². The lowest BCUT2D eigenvalue weighted by Gasteiger charge is -2.07. The molecule has 7 heteroatoms. The molecule has 2 heterocycles. The van der Waals surface area contributed by atoms with Gasteiger partial charge in [0.05, 0.1) is 5.69 Å². The maximum Gasteiger partial charge on any atom is 0.191 e. The van der Waals surface area contributed by atoms with Gasteiger partial charge in [-0.1, -0.05) is 35.5 Å². The molecule has 128 valence electrons. The van der Waals surface area contributed by atoms with Crippen molar-refractivity contribution in [2.75, 3.05) is 0 Å². The van der Waals surface area contributed by atoms with Gasteiger partial charge in [0.25, 0.3) is 0 Å². The largest absolute Gasteiger partial charge is 0.303 e. The average Bonchev–Trinajstić information content (AvgIpc) is 3.55. The standard InChI is InChI=1S/C18H17ClN4S2/c19-13-5-3-12(4-6-13)17-20-14(9-24-17)10-25-18-22-21-16(11-1-2-11)23(18)15-7-8-15/h3-6,9,11,15H,1-2,7-8,10H2. The number of thiazole rings is 1. The molecule has 0 radical (unpaired) electrons. The van der Waals surface area contributed by atoms with Crippen LogP contribution in [0.3, 0.4) is 0 Å². The van der Waals surface area contributed by atoms with Gasteiger partial charge in [0.15, 0.2) is 5.16 Å². The second-order valence-electron chi connectivity index (χ2n) is 6.66. The molecule has 2 fully saturated rings. The highest BCUT2D eigenvalue weighted by Crippen LogP contribution is 2.46. The Kier molecular flexibility index (Phi) is 4.07. The van der Waals surface area contributed by atoms with E-state index < -0.39 is 0 Å². The summed E-state index contributed by atoms with van der Waals surface area (Å²) in [5.74, 6) is 2.70. The zero-order valence-corrected chi connectivity index (χ0v) is 15.9. The molecule has 0 unspecified atom stereocenters. The summed E-state index contributed by atoms with van der Waals surface area (Å²) in [7, 11) is 0. The van der Waals surface area contributed by atoms with Crippen molar-refractivity contribution in [1.82, 2.24) is 19.7 Å². The van der Waals surface area contributed by atoms with Crippen molar-refractivity contribution in [2.24, 2.45) is 0 Å². The summed E-state index contributed by atoms with van der Waals surface area (Å²) in [6, 6.07) is 8.48. The SMILES string of the molecule is Clc1ccc(-c2nc(CSc3nnc(C4CC4)n3C3CC3)cs2)cc1. The number of benzene rings is 1. The number of nitrogens with zero attached hydrogens (tertiary/aromatic N) is 4. The molecule has 0 amide bonds. The van der Waals surface area contributed by atoms with Crippen LogP contribution in [0.5, 0.6) is 0 Å². The zero-order chi connectivity index (χ0) is 16.8. The monoisotopic (exact) mass is 388 g/mol. The number of halogens is 1. The number of thioether (sulfide) groups is 1. The Balaban J connectivity index is 1.31. The van der Waals surface area contributed by atoms with Crippen LogP contribution in [0.2, 0.25) is 5.02 Å². The molecule has 2 aliphatic rings. The highest BCUT2D eigenvalue weighted by atomic mass is 35.5. The van der Waals surface area contributed by atoms with Crippen molar-refractivity contribution in [3.8, 4) is 10.6 Å². The fourth-order valence-corrected chi connectivity index (χ4v) is 4.88. The molecule has 2 aromatic heterocycles. The Bertz CT molecular complexity index is 894. The van der Waals surface area contributed by atoms with E-state index in [1.807, 2.05) is 24.3 Å². The number of aromatic nitrogens is 4. The van der Waals surface area contributed by atoms with Gasteiger partial charge in [0, 0.05) is 33.7 Å². The molecule has 0 atom stereocenters. The maximum atomic E-state index is 5.96. The van der Waals surface area contributed by atoms with Crippen molar-refractivity contribution in [3.05, 3.63) is 46.2 Å². The van der Waals surface area contributed by atoms with Crippen molar-refractivity contribution >= 4 is 34.7 Å². The molecular weight excluding hydrogens is 372 g/mol. The summed E-state index contributed by atoms with van der Waals surface area (Å²) < 4.78 is 2.40. The van der Waals surface area contributed by atoms with Crippen LogP contribution in [-0.2, 0) is 5.75 Å². The third-order valence-electron chi connectivity index (χ3n) is 4.54. The number of rotatable bonds is 6. The van der Waals surface area contributed by atoms with Crippen LogP contribution >= 0.6 is 34.7 Å². The minimum Gasteiger partial charge on any atom is -0.303 e. The summed E-state index contributed by atoms with van der Waals surface area (Å²) in [5.41, 5.74) is 2.21. The van der Waals surface area contributed by atoms with Gasteiger partial charge in [0.2, 0.25) is 0 Å². The molecule has 0 spiro atoms. The minimum atomic E-state index is 0.633. The molecule has 5 rings (SSSR count). The number of hydrogen-bond donors (Lipinski definition) is 0. The lowest BCUT2D eigenvalue weighted by molar-refractivity contribution is 0.627. The van der Waals surface area contributed by atoms with E-state index in [4.69, 9.17) is 16.6 Å². The lowest BCUT2D eigenvalue weighted by Crippen LogP contribution is -2.01. The van der Waals surface area contributed by atoms with E-state index in [-0.39, 0.29) is 0 Å². The molecule has 0 aliphatic heterocycles. The van der Waals surface area contributed by atoms with E-state index in [0.717, 1.165) is 32.2 Å². The van der Waals surface area contributed by atoms with Gasteiger partial charge in [-0.05, 0) is 37.8 Å². The minimum absolute atomic E-state index is 0.633. The summed E-state index contributed by atoms with van der Waals surface area (Å²) >= 11 is 9.39. The highest BCUT2D eigenvalue weighted by molar-refractivity contribution is 7.98. The fourth-order valence-electron chi connectivity index (χ4n) is 2.92. The molecular formula is C18H17ClN4S2. The molecule has 0 N–H and O–H groups in total. The van der Waals surface area contributed by atoms with E-state index in [9.17, 15) is 0 Å². The molecule has 3 aromatic rings. The van der Waals surface area contributed by atoms with E-state index in [1.54, 1.807) is 23.1 Å². The number of hydrogen-bond acceptors (Lipinski definition) is 5. The summed E-state index contributed by atoms with van der Waals surface area (Å²) in [6.45, 7) is 0. The van der Waals surface area contributed by atoms with Crippen LogP contribution in [0.15, 0.2) is 34.8 Å². The first-order chi connectivity index (χ1) is 12.3. The maximum absolute atomic E-state index is 5.96. The van der Waals surface area contributed by atoms with E-state index in [0.29, 0.717) is 12.0 Å². The van der Waals surface area contributed by atoms with Gasteiger partial charge < -0.3 is 4.57 Å². The molecule has 2 aliphatic carbocycles. The fraction of sp³-hybridized carbons (Fsp3) is 0.389. The first kappa shape index (κ1) is 15.9. The highest BCUT2D eigenvalue weighted by Gasteiger charge is 2.36. The van der Waals surface area contributed by atoms with Crippen LogP contribution < -0.4 is 0 Å². The quantitative estimate of drug-likeness (QED) is 0.518. The smallest absolute Gasteiger partial charge is 0.191 e. The van der Waals surface area contributed by atoms with Gasteiger partial charge in [0.1, 0.15) is 10.8 Å². The summed E-state index contributed by atoms with van der Waals surface area (Å²) in [5, 5.41) is 13.9. The van der Waals surface area contributed by atoms with Crippen molar-refractivity contribution < 1.29 is 0 Å². The Hall–Kier alpha value is -1.37. The van der Waals surface area contributed by atoms with Gasteiger partial charge >= 0.3 is 0 Å². The Morgan fingerprint density at radius 1 is 1.12 bits per heavy atom. The van der Waals surface area contributed by atoms with Crippen LogP contribution in [-0.4, -0.2) is 19.7 Å². The molecule has 2 saturated carbocycles. The van der Waals surface area contributed by atoms with Crippen LogP contribution in [0, 0.1) is 0 Å². The van der Waals surface area contributed by atoms with Gasteiger partial charge in [-0.15, -0.1) is 21.5 Å². The predicted octanol–water partition coefficient (Wildman–Crippen LogP) is 5.56. The van der Waals surface area contributed by atoms with E-state index in [1.165, 1.54) is 31.5 Å². The molecule has 25 heavy (non-hydrogen) atoms. The summed E-state index contributed by atoms with van der Waals surface area (Å²) in [6.07, 6.45) is 5.07. The third-order valence-corrected chi connectivity index (χ3v) is 6.71. The van der Waals surface area contributed by atoms with Crippen molar-refractivity contribution in [1.29, 1.82) is 0 Å². The van der Waals surface area contributed by atoms with Gasteiger partial charge in [-0.2, -0.15) is 0 Å². The van der Waals surface area contributed by atoms with Crippen molar-refractivity contribution in [2.45, 2.75) is 48.6 Å². The van der Waals surface area contributed by atoms with E-state index >= 15 is 0 Å². The van der Waals surface area contributed by atoms with Crippen LogP contribution in [0.1, 0.15) is 49.2 Å². The first-order valence-electron chi connectivity index (χ1n) is 8.56. The topological polar surface area (TPSA) is 43.6 Å². The Labute approximate surface area is 159 Å². The second-order valence-corrected chi connectivity index (χ2v) is 8.89. The average molecular weight is 389 g/mol. The molecule has 0 saturated heterocycles. The normalized spacial score (nSPS) is 17.2. The third kappa shape index (κ3) is 3.35. The lowest BCUT2D eigenvalue weighted by atomic mass is 10.2. The second kappa shape index (κ2) is 6.41. The van der Waals surface area contributed by atoms with Crippen molar-refractivity contribution in [3.63, 3.8) is 0 Å². The zero-order valence-electron chi connectivity index (χ0n) is 13.6. The molecule has 1 aromatic carbocycles. The Morgan fingerprint density at radius 2 is 1.92 bits per heavy atom. The Morgan fingerprint density at radius 3 is 2.64 bits per heavy atom. The van der Waals surface area contributed by atoms with Crippen LogP contribution in [0.4, 0.5) is 0 Å².